The first-order chi connectivity index (χ1) is 8.54. The molecule has 18 heavy (non-hydrogen) atoms. The van der Waals surface area contributed by atoms with Gasteiger partial charge in [0, 0.05) is 13.1 Å². The van der Waals surface area contributed by atoms with E-state index in [2.05, 4.69) is 43.5 Å². The number of rotatable bonds is 6. The van der Waals surface area contributed by atoms with Gasteiger partial charge < -0.3 is 10.6 Å². The topological polar surface area (TPSA) is 41.1 Å². The molecule has 0 aliphatic carbocycles. The zero-order valence-corrected chi connectivity index (χ0v) is 11.9. The summed E-state index contributed by atoms with van der Waals surface area (Å²) in [6.07, 6.45) is 0.974. The Morgan fingerprint density at radius 2 is 1.78 bits per heavy atom. The minimum Gasteiger partial charge on any atom is -0.355 e. The summed E-state index contributed by atoms with van der Waals surface area (Å²) in [4.78, 5) is 11.4. The van der Waals surface area contributed by atoms with Crippen molar-refractivity contribution >= 4 is 5.91 Å². The predicted molar refractivity (Wildman–Crippen MR) is 75.7 cm³/mol. The summed E-state index contributed by atoms with van der Waals surface area (Å²) in [5, 5.41) is 6.04. The van der Waals surface area contributed by atoms with Crippen LogP contribution in [-0.4, -0.2) is 19.0 Å². The molecule has 0 saturated carbocycles. The molecule has 0 aliphatic heterocycles. The Balaban J connectivity index is 2.44. The molecule has 100 valence electrons. The predicted octanol–water partition coefficient (Wildman–Crippen LogP) is 2.23. The zero-order chi connectivity index (χ0) is 13.5. The van der Waals surface area contributed by atoms with Crippen molar-refractivity contribution in [1.82, 2.24) is 10.6 Å². The molecular formula is C15H24N2O. The fourth-order valence-electron chi connectivity index (χ4n) is 1.85. The maximum Gasteiger partial charge on any atom is 0.233 e. The van der Waals surface area contributed by atoms with E-state index in [1.807, 2.05) is 6.92 Å². The second-order valence-corrected chi connectivity index (χ2v) is 4.82. The molecule has 3 heteroatoms. The lowest BCUT2D eigenvalue weighted by Crippen LogP contribution is -2.34. The first-order valence-electron chi connectivity index (χ1n) is 6.58. The highest BCUT2D eigenvalue weighted by Crippen LogP contribution is 2.14. The number of carbonyl (C=O) groups excluding carboxylic acids is 1. The van der Waals surface area contributed by atoms with Gasteiger partial charge in [-0.25, -0.2) is 0 Å². The first-order valence-corrected chi connectivity index (χ1v) is 6.58. The van der Waals surface area contributed by atoms with Crippen LogP contribution < -0.4 is 10.6 Å². The van der Waals surface area contributed by atoms with Gasteiger partial charge >= 0.3 is 0 Å². The molecular weight excluding hydrogens is 224 g/mol. The lowest BCUT2D eigenvalue weighted by atomic mass is 10.0. The SMILES string of the molecule is CCCNC(=O)CNCc1cc(C)c(C)cc1C. The molecule has 0 saturated heterocycles. The van der Waals surface area contributed by atoms with Crippen LogP contribution in [0.2, 0.25) is 0 Å². The molecule has 0 atom stereocenters. The summed E-state index contributed by atoms with van der Waals surface area (Å²) in [7, 11) is 0. The van der Waals surface area contributed by atoms with Gasteiger partial charge in [-0.3, -0.25) is 4.79 Å². The number of hydrogen-bond acceptors (Lipinski definition) is 2. The van der Waals surface area contributed by atoms with Crippen LogP contribution in [0.25, 0.3) is 0 Å². The largest absolute Gasteiger partial charge is 0.355 e. The molecule has 2 N–H and O–H groups in total. The van der Waals surface area contributed by atoms with E-state index in [4.69, 9.17) is 0 Å². The van der Waals surface area contributed by atoms with Crippen LogP contribution in [0, 0.1) is 20.8 Å². The van der Waals surface area contributed by atoms with Crippen molar-refractivity contribution in [3.63, 3.8) is 0 Å². The second kappa shape index (κ2) is 7.17. The van der Waals surface area contributed by atoms with Crippen LogP contribution in [0.15, 0.2) is 12.1 Å². The normalized spacial score (nSPS) is 10.4. The summed E-state index contributed by atoms with van der Waals surface area (Å²) >= 11 is 0. The first kappa shape index (κ1) is 14.7. The second-order valence-electron chi connectivity index (χ2n) is 4.82. The Bertz CT molecular complexity index is 413. The number of amides is 1. The number of aryl methyl sites for hydroxylation is 3. The van der Waals surface area contributed by atoms with Crippen LogP contribution in [0.3, 0.4) is 0 Å². The molecule has 0 aliphatic rings. The van der Waals surface area contributed by atoms with Crippen LogP contribution in [0.5, 0.6) is 0 Å². The van der Waals surface area contributed by atoms with E-state index in [0.29, 0.717) is 6.54 Å². The summed E-state index contributed by atoms with van der Waals surface area (Å²) in [5.41, 5.74) is 5.16. The molecule has 1 aromatic carbocycles. The van der Waals surface area contributed by atoms with Gasteiger partial charge in [-0.1, -0.05) is 19.1 Å². The van der Waals surface area contributed by atoms with Gasteiger partial charge in [0.1, 0.15) is 0 Å². The van der Waals surface area contributed by atoms with Crippen molar-refractivity contribution in [3.8, 4) is 0 Å². The number of hydrogen-bond donors (Lipinski definition) is 2. The standard InChI is InChI=1S/C15H24N2O/c1-5-6-17-15(18)10-16-9-14-8-12(3)11(2)7-13(14)4/h7-8,16H,5-6,9-10H2,1-4H3,(H,17,18). The Kier molecular flexibility index (Phi) is 5.86. The zero-order valence-electron chi connectivity index (χ0n) is 11.9. The summed E-state index contributed by atoms with van der Waals surface area (Å²) in [5.74, 6) is 0.0679. The van der Waals surface area contributed by atoms with E-state index in [1.165, 1.54) is 22.3 Å². The third kappa shape index (κ3) is 4.49. The molecule has 1 aromatic rings. The van der Waals surface area contributed by atoms with Crippen molar-refractivity contribution < 1.29 is 4.79 Å². The van der Waals surface area contributed by atoms with Gasteiger partial charge in [-0.15, -0.1) is 0 Å². The number of nitrogens with one attached hydrogen (secondary N) is 2. The molecule has 0 aromatic heterocycles. The van der Waals surface area contributed by atoms with Crippen molar-refractivity contribution in [2.75, 3.05) is 13.1 Å². The quantitative estimate of drug-likeness (QED) is 0.810. The number of benzene rings is 1. The highest BCUT2D eigenvalue weighted by molar-refractivity contribution is 5.77. The van der Waals surface area contributed by atoms with Gasteiger partial charge in [-0.05, 0) is 49.4 Å². The van der Waals surface area contributed by atoms with E-state index < -0.39 is 0 Å². The van der Waals surface area contributed by atoms with Crippen molar-refractivity contribution in [2.45, 2.75) is 40.7 Å². The fraction of sp³-hybridized carbons (Fsp3) is 0.533. The Hall–Kier alpha value is -1.35. The average Bonchev–Trinajstić information content (AvgIpc) is 2.33. The van der Waals surface area contributed by atoms with Crippen molar-refractivity contribution in [3.05, 3.63) is 34.4 Å². The molecule has 0 fully saturated rings. The van der Waals surface area contributed by atoms with E-state index >= 15 is 0 Å². The van der Waals surface area contributed by atoms with E-state index in [9.17, 15) is 4.79 Å². The molecule has 1 rings (SSSR count). The molecule has 0 unspecified atom stereocenters. The molecule has 3 nitrogen and oxygen atoms in total. The minimum atomic E-state index is 0.0679. The van der Waals surface area contributed by atoms with E-state index in [-0.39, 0.29) is 5.91 Å². The monoisotopic (exact) mass is 248 g/mol. The van der Waals surface area contributed by atoms with Crippen LogP contribution in [0.4, 0.5) is 0 Å². The lowest BCUT2D eigenvalue weighted by Gasteiger charge is -2.11. The van der Waals surface area contributed by atoms with Crippen molar-refractivity contribution in [2.24, 2.45) is 0 Å². The fourth-order valence-corrected chi connectivity index (χ4v) is 1.85. The Labute approximate surface area is 110 Å². The summed E-state index contributed by atoms with van der Waals surface area (Å²) in [6.45, 7) is 10.3. The van der Waals surface area contributed by atoms with Gasteiger partial charge in [0.2, 0.25) is 5.91 Å². The maximum absolute atomic E-state index is 11.4. The summed E-state index contributed by atoms with van der Waals surface area (Å²) in [6, 6.07) is 4.39. The number of carbonyl (C=O) groups is 1. The lowest BCUT2D eigenvalue weighted by molar-refractivity contribution is -0.120. The molecule has 0 spiro atoms. The maximum atomic E-state index is 11.4. The van der Waals surface area contributed by atoms with Crippen molar-refractivity contribution in [1.29, 1.82) is 0 Å². The third-order valence-corrected chi connectivity index (χ3v) is 3.13. The smallest absolute Gasteiger partial charge is 0.233 e. The van der Waals surface area contributed by atoms with Crippen LogP contribution >= 0.6 is 0 Å². The third-order valence-electron chi connectivity index (χ3n) is 3.13. The highest BCUT2D eigenvalue weighted by Gasteiger charge is 2.03. The van der Waals surface area contributed by atoms with E-state index in [1.54, 1.807) is 0 Å². The van der Waals surface area contributed by atoms with Crippen LogP contribution in [-0.2, 0) is 11.3 Å². The Morgan fingerprint density at radius 1 is 1.11 bits per heavy atom. The molecule has 0 heterocycles. The highest BCUT2D eigenvalue weighted by atomic mass is 16.1. The minimum absolute atomic E-state index is 0.0679. The van der Waals surface area contributed by atoms with Gasteiger partial charge in [0.05, 0.1) is 6.54 Å². The Morgan fingerprint density at radius 3 is 2.44 bits per heavy atom. The van der Waals surface area contributed by atoms with Gasteiger partial charge in [0.15, 0.2) is 0 Å². The molecule has 1 amide bonds. The van der Waals surface area contributed by atoms with Crippen LogP contribution in [0.1, 0.15) is 35.6 Å². The average molecular weight is 248 g/mol. The van der Waals surface area contributed by atoms with E-state index in [0.717, 1.165) is 19.5 Å². The molecule has 0 bridgehead atoms. The van der Waals surface area contributed by atoms with Gasteiger partial charge in [0.25, 0.3) is 0 Å². The van der Waals surface area contributed by atoms with Gasteiger partial charge in [-0.2, -0.15) is 0 Å². The summed E-state index contributed by atoms with van der Waals surface area (Å²) < 4.78 is 0. The molecule has 0 radical (unpaired) electrons.